The third-order valence-corrected chi connectivity index (χ3v) is 5.10. The molecule has 0 amide bonds. The third-order valence-electron chi connectivity index (χ3n) is 5.10. The van der Waals surface area contributed by atoms with Crippen molar-refractivity contribution in [3.05, 3.63) is 93.7 Å². The number of hydrogen-bond donors (Lipinski definition) is 0. The van der Waals surface area contributed by atoms with E-state index in [1.165, 1.54) is 22.9 Å². The van der Waals surface area contributed by atoms with Crippen LogP contribution in [0.4, 0.5) is 8.78 Å². The number of benzene rings is 2. The van der Waals surface area contributed by atoms with Crippen molar-refractivity contribution in [2.75, 3.05) is 0 Å². The first kappa shape index (κ1) is 17.4. The van der Waals surface area contributed by atoms with Crippen LogP contribution in [0, 0.1) is 11.6 Å². The lowest BCUT2D eigenvalue weighted by atomic mass is 9.96. The van der Waals surface area contributed by atoms with Gasteiger partial charge in [0, 0.05) is 23.5 Å². The maximum absolute atomic E-state index is 14.9. The average molecular weight is 388 g/mol. The van der Waals surface area contributed by atoms with E-state index in [0.29, 0.717) is 23.1 Å². The summed E-state index contributed by atoms with van der Waals surface area (Å²) in [6, 6.07) is 9.85. The lowest BCUT2D eigenvalue weighted by Crippen LogP contribution is -2.22. The molecule has 0 atom stereocenters. The summed E-state index contributed by atoms with van der Waals surface area (Å²) in [5, 5.41) is 0. The second-order valence-electron chi connectivity index (χ2n) is 6.81. The fourth-order valence-electron chi connectivity index (χ4n) is 3.63. The van der Waals surface area contributed by atoms with Crippen LogP contribution in [-0.4, -0.2) is 20.7 Å². The molecule has 5 rings (SSSR count). The summed E-state index contributed by atoms with van der Waals surface area (Å²) in [6.45, 7) is 0.314. The van der Waals surface area contributed by atoms with E-state index in [0.717, 1.165) is 22.9 Å². The quantitative estimate of drug-likeness (QED) is 0.538. The number of rotatable bonds is 3. The molecule has 0 aliphatic carbocycles. The van der Waals surface area contributed by atoms with Gasteiger partial charge in [-0.05, 0) is 34.9 Å². The number of fused-ring (bicyclic) bond motifs is 2. The number of aliphatic imine (C=N–C) groups is 1. The Morgan fingerprint density at radius 1 is 1.07 bits per heavy atom. The topological polar surface area (TPSA) is 60.1 Å². The SMILES string of the molecule is O=c1cnc2ccncc2n1Cc1c(F)cc(-c2cccc3c2C=NC3)cc1F. The summed E-state index contributed by atoms with van der Waals surface area (Å²) >= 11 is 0. The van der Waals surface area contributed by atoms with Crippen molar-refractivity contribution in [3.8, 4) is 11.1 Å². The molecule has 0 radical (unpaired) electrons. The van der Waals surface area contributed by atoms with Gasteiger partial charge in [0.05, 0.1) is 36.5 Å². The summed E-state index contributed by atoms with van der Waals surface area (Å²) < 4.78 is 31.2. The summed E-state index contributed by atoms with van der Waals surface area (Å²) in [7, 11) is 0. The zero-order chi connectivity index (χ0) is 20.0. The van der Waals surface area contributed by atoms with Crippen LogP contribution >= 0.6 is 0 Å². The Labute approximate surface area is 164 Å². The number of pyridine rings is 1. The largest absolute Gasteiger partial charge is 0.299 e. The van der Waals surface area contributed by atoms with E-state index in [9.17, 15) is 13.6 Å². The number of halogens is 2. The maximum Gasteiger partial charge on any atom is 0.269 e. The van der Waals surface area contributed by atoms with Crippen LogP contribution < -0.4 is 5.56 Å². The monoisotopic (exact) mass is 388 g/mol. The molecule has 4 aromatic rings. The molecule has 0 saturated heterocycles. The maximum atomic E-state index is 14.9. The Bertz CT molecular complexity index is 1340. The molecule has 3 heterocycles. The van der Waals surface area contributed by atoms with Crippen molar-refractivity contribution in [1.82, 2.24) is 14.5 Å². The van der Waals surface area contributed by atoms with E-state index in [-0.39, 0.29) is 12.1 Å². The molecule has 2 aromatic carbocycles. The normalized spacial score (nSPS) is 12.5. The first-order chi connectivity index (χ1) is 14.1. The predicted octanol–water partition coefficient (Wildman–Crippen LogP) is 3.72. The summed E-state index contributed by atoms with van der Waals surface area (Å²) in [6.07, 6.45) is 5.87. The molecule has 0 bridgehead atoms. The molecule has 29 heavy (non-hydrogen) atoms. The van der Waals surface area contributed by atoms with Crippen LogP contribution in [0.2, 0.25) is 0 Å². The molecule has 142 valence electrons. The van der Waals surface area contributed by atoms with Crippen LogP contribution in [0.3, 0.4) is 0 Å². The van der Waals surface area contributed by atoms with E-state index >= 15 is 0 Å². The molecule has 0 unspecified atom stereocenters. The highest BCUT2D eigenvalue weighted by Gasteiger charge is 2.18. The number of hydrogen-bond acceptors (Lipinski definition) is 4. The van der Waals surface area contributed by atoms with Gasteiger partial charge < -0.3 is 0 Å². The first-order valence-electron chi connectivity index (χ1n) is 9.01. The highest BCUT2D eigenvalue weighted by molar-refractivity contribution is 5.94. The van der Waals surface area contributed by atoms with Crippen LogP contribution in [-0.2, 0) is 13.1 Å². The molecule has 7 heteroatoms. The average Bonchev–Trinajstić information content (AvgIpc) is 3.21. The molecular formula is C22H14F2N4O. The zero-order valence-electron chi connectivity index (χ0n) is 15.1. The predicted molar refractivity (Wildman–Crippen MR) is 106 cm³/mol. The van der Waals surface area contributed by atoms with Crippen molar-refractivity contribution in [2.24, 2.45) is 4.99 Å². The third kappa shape index (κ3) is 2.91. The molecular weight excluding hydrogens is 374 g/mol. The van der Waals surface area contributed by atoms with E-state index in [4.69, 9.17) is 0 Å². The molecule has 5 nitrogen and oxygen atoms in total. The van der Waals surface area contributed by atoms with Gasteiger partial charge in [-0.15, -0.1) is 0 Å². The molecule has 0 spiro atoms. The lowest BCUT2D eigenvalue weighted by Gasteiger charge is -2.13. The smallest absolute Gasteiger partial charge is 0.269 e. The molecule has 0 saturated carbocycles. The van der Waals surface area contributed by atoms with Crippen molar-refractivity contribution >= 4 is 17.2 Å². The van der Waals surface area contributed by atoms with Gasteiger partial charge in [-0.2, -0.15) is 0 Å². The first-order valence-corrected chi connectivity index (χ1v) is 9.01. The van der Waals surface area contributed by atoms with Gasteiger partial charge in [0.2, 0.25) is 0 Å². The Hall–Kier alpha value is -3.74. The molecule has 0 fully saturated rings. The second kappa shape index (κ2) is 6.70. The zero-order valence-corrected chi connectivity index (χ0v) is 15.1. The highest BCUT2D eigenvalue weighted by Crippen LogP contribution is 2.31. The van der Waals surface area contributed by atoms with E-state index in [1.54, 1.807) is 18.5 Å². The van der Waals surface area contributed by atoms with Crippen LogP contribution in [0.25, 0.3) is 22.2 Å². The highest BCUT2D eigenvalue weighted by atomic mass is 19.1. The molecule has 1 aliphatic rings. The van der Waals surface area contributed by atoms with Gasteiger partial charge in [-0.25, -0.2) is 13.8 Å². The van der Waals surface area contributed by atoms with Crippen molar-refractivity contribution in [2.45, 2.75) is 13.1 Å². The van der Waals surface area contributed by atoms with Crippen molar-refractivity contribution in [1.29, 1.82) is 0 Å². The fraction of sp³-hybridized carbons (Fsp3) is 0.0909. The summed E-state index contributed by atoms with van der Waals surface area (Å²) in [5.41, 5.74) is 3.36. The minimum absolute atomic E-state index is 0.187. The fourth-order valence-corrected chi connectivity index (χ4v) is 3.63. The Kier molecular flexibility index (Phi) is 4.01. The molecule has 0 N–H and O–H groups in total. The van der Waals surface area contributed by atoms with Gasteiger partial charge in [-0.3, -0.25) is 19.3 Å². The number of aromatic nitrogens is 3. The van der Waals surface area contributed by atoms with Crippen LogP contribution in [0.1, 0.15) is 16.7 Å². The van der Waals surface area contributed by atoms with Gasteiger partial charge >= 0.3 is 0 Å². The summed E-state index contributed by atoms with van der Waals surface area (Å²) in [4.78, 5) is 24.6. The second-order valence-corrected chi connectivity index (χ2v) is 6.81. The van der Waals surface area contributed by atoms with Crippen molar-refractivity contribution in [3.63, 3.8) is 0 Å². The van der Waals surface area contributed by atoms with Gasteiger partial charge in [0.25, 0.3) is 5.56 Å². The Morgan fingerprint density at radius 3 is 2.72 bits per heavy atom. The summed E-state index contributed by atoms with van der Waals surface area (Å²) in [5.74, 6) is -1.43. The van der Waals surface area contributed by atoms with Crippen molar-refractivity contribution < 1.29 is 8.78 Å². The minimum atomic E-state index is -0.715. The van der Waals surface area contributed by atoms with Crippen LogP contribution in [0.5, 0.6) is 0 Å². The van der Waals surface area contributed by atoms with Gasteiger partial charge in [0.1, 0.15) is 11.6 Å². The van der Waals surface area contributed by atoms with E-state index in [1.807, 2.05) is 18.2 Å². The van der Waals surface area contributed by atoms with Crippen LogP contribution in [0.15, 0.2) is 64.8 Å². The van der Waals surface area contributed by atoms with E-state index < -0.39 is 17.2 Å². The molecule has 2 aromatic heterocycles. The number of nitrogens with zero attached hydrogens (tertiary/aromatic N) is 4. The lowest BCUT2D eigenvalue weighted by molar-refractivity contribution is 0.545. The Balaban J connectivity index is 1.61. The molecule has 1 aliphatic heterocycles. The van der Waals surface area contributed by atoms with Gasteiger partial charge in [0.15, 0.2) is 0 Å². The standard InChI is InChI=1S/C22H14F2N4O/c23-18-6-14(15-3-1-2-13-8-26-9-16(13)15)7-19(24)17(18)12-28-21-10-25-5-4-20(21)27-11-22(28)29/h1-7,9-11H,8,12H2. The Morgan fingerprint density at radius 2 is 1.90 bits per heavy atom. The van der Waals surface area contributed by atoms with Gasteiger partial charge in [-0.1, -0.05) is 18.2 Å². The minimum Gasteiger partial charge on any atom is -0.299 e. The van der Waals surface area contributed by atoms with E-state index in [2.05, 4.69) is 15.0 Å².